The molecular weight excluding hydrogens is 392 g/mol. The van der Waals surface area contributed by atoms with Gasteiger partial charge in [-0.15, -0.1) is 11.3 Å². The highest BCUT2D eigenvalue weighted by Gasteiger charge is 2.20. The minimum Gasteiger partial charge on any atom is -0.348 e. The molecule has 0 aliphatic heterocycles. The number of carbonyl (C=O) groups is 1. The fourth-order valence-corrected chi connectivity index (χ4v) is 5.01. The third-order valence-corrected chi connectivity index (χ3v) is 6.92. The van der Waals surface area contributed by atoms with Crippen LogP contribution in [0.4, 0.5) is 0 Å². The van der Waals surface area contributed by atoms with Crippen LogP contribution in [0.1, 0.15) is 31.2 Å². The van der Waals surface area contributed by atoms with Crippen LogP contribution >= 0.6 is 11.3 Å². The minimum absolute atomic E-state index is 0.0518. The lowest BCUT2D eigenvalue weighted by molar-refractivity contribution is -0.122. The van der Waals surface area contributed by atoms with E-state index in [1.54, 1.807) is 29.5 Å². The SMILES string of the molecule is CC(C)[C@H](NC(=O)CCNS(=O)(=O)c1ccc2ccccc2c1)c1cccs1. The van der Waals surface area contributed by atoms with Crippen LogP contribution in [0.5, 0.6) is 0 Å². The summed E-state index contributed by atoms with van der Waals surface area (Å²) in [5, 5.41) is 6.83. The van der Waals surface area contributed by atoms with Gasteiger partial charge < -0.3 is 5.32 Å². The van der Waals surface area contributed by atoms with Gasteiger partial charge in [-0.2, -0.15) is 0 Å². The van der Waals surface area contributed by atoms with Gasteiger partial charge in [0.2, 0.25) is 15.9 Å². The second kappa shape index (κ2) is 8.86. The monoisotopic (exact) mass is 416 g/mol. The number of thiophene rings is 1. The zero-order chi connectivity index (χ0) is 20.1. The van der Waals surface area contributed by atoms with Crippen LogP contribution in [0, 0.1) is 5.92 Å². The summed E-state index contributed by atoms with van der Waals surface area (Å²) in [6, 6.07) is 16.5. The summed E-state index contributed by atoms with van der Waals surface area (Å²) in [6.07, 6.45) is 0.0847. The van der Waals surface area contributed by atoms with Crippen molar-refractivity contribution in [2.45, 2.75) is 31.2 Å². The number of hydrogen-bond acceptors (Lipinski definition) is 4. The predicted molar refractivity (Wildman–Crippen MR) is 114 cm³/mol. The molecule has 0 bridgehead atoms. The van der Waals surface area contributed by atoms with E-state index < -0.39 is 10.0 Å². The van der Waals surface area contributed by atoms with E-state index in [0.717, 1.165) is 15.6 Å². The lowest BCUT2D eigenvalue weighted by Gasteiger charge is -2.21. The number of nitrogens with one attached hydrogen (secondary N) is 2. The summed E-state index contributed by atoms with van der Waals surface area (Å²) in [5.41, 5.74) is 0. The van der Waals surface area contributed by atoms with E-state index in [4.69, 9.17) is 0 Å². The van der Waals surface area contributed by atoms with Crippen LogP contribution in [0.2, 0.25) is 0 Å². The molecule has 1 amide bonds. The highest BCUT2D eigenvalue weighted by Crippen LogP contribution is 2.25. The Morgan fingerprint density at radius 1 is 1.04 bits per heavy atom. The van der Waals surface area contributed by atoms with Gasteiger partial charge >= 0.3 is 0 Å². The maximum atomic E-state index is 12.5. The van der Waals surface area contributed by atoms with Gasteiger partial charge in [-0.1, -0.05) is 50.2 Å². The summed E-state index contributed by atoms with van der Waals surface area (Å²) in [7, 11) is -3.66. The molecule has 0 aliphatic carbocycles. The topological polar surface area (TPSA) is 75.3 Å². The summed E-state index contributed by atoms with van der Waals surface area (Å²) in [4.78, 5) is 13.6. The average molecular weight is 417 g/mol. The lowest BCUT2D eigenvalue weighted by atomic mass is 10.0. The van der Waals surface area contributed by atoms with Gasteiger partial charge in [0.15, 0.2) is 0 Å². The average Bonchev–Trinajstić information content (AvgIpc) is 3.19. The number of carbonyl (C=O) groups excluding carboxylic acids is 1. The normalized spacial score (nSPS) is 13.0. The van der Waals surface area contributed by atoms with Crippen LogP contribution < -0.4 is 10.0 Å². The van der Waals surface area contributed by atoms with Crippen molar-refractivity contribution >= 4 is 38.0 Å². The Hall–Kier alpha value is -2.22. The molecule has 7 heteroatoms. The maximum Gasteiger partial charge on any atom is 0.240 e. The van der Waals surface area contributed by atoms with E-state index in [0.29, 0.717) is 0 Å². The molecule has 2 N–H and O–H groups in total. The van der Waals surface area contributed by atoms with Gasteiger partial charge in [0, 0.05) is 17.8 Å². The van der Waals surface area contributed by atoms with Crippen molar-refractivity contribution in [1.29, 1.82) is 0 Å². The van der Waals surface area contributed by atoms with E-state index in [-0.39, 0.29) is 35.7 Å². The third-order valence-electron chi connectivity index (χ3n) is 4.51. The van der Waals surface area contributed by atoms with Crippen LogP contribution in [0.15, 0.2) is 64.9 Å². The molecular formula is C21H24N2O3S2. The van der Waals surface area contributed by atoms with Crippen LogP contribution in [0.25, 0.3) is 10.8 Å². The molecule has 0 unspecified atom stereocenters. The van der Waals surface area contributed by atoms with Gasteiger partial charge in [-0.3, -0.25) is 4.79 Å². The van der Waals surface area contributed by atoms with Crippen LogP contribution in [-0.2, 0) is 14.8 Å². The smallest absolute Gasteiger partial charge is 0.240 e. The Morgan fingerprint density at radius 3 is 2.46 bits per heavy atom. The molecule has 0 aliphatic rings. The molecule has 3 aromatic rings. The number of fused-ring (bicyclic) bond motifs is 1. The standard InChI is InChI=1S/C21H24N2O3S2/c1-15(2)21(19-8-5-13-27-19)23-20(24)11-12-22-28(25,26)18-10-9-16-6-3-4-7-17(16)14-18/h3-10,13-15,21-22H,11-12H2,1-2H3,(H,23,24)/t21-/m0/s1. The van der Waals surface area contributed by atoms with E-state index in [2.05, 4.69) is 10.0 Å². The van der Waals surface area contributed by atoms with Crippen molar-refractivity contribution in [1.82, 2.24) is 10.0 Å². The number of sulfonamides is 1. The first-order valence-corrected chi connectivity index (χ1v) is 11.5. The Bertz CT molecular complexity index is 1040. The van der Waals surface area contributed by atoms with Crippen LogP contribution in [0.3, 0.4) is 0 Å². The molecule has 2 aromatic carbocycles. The van der Waals surface area contributed by atoms with E-state index in [1.807, 2.05) is 55.6 Å². The molecule has 0 spiro atoms. The molecule has 3 rings (SSSR count). The lowest BCUT2D eigenvalue weighted by Crippen LogP contribution is -2.34. The van der Waals surface area contributed by atoms with Crippen molar-refractivity contribution < 1.29 is 13.2 Å². The number of rotatable bonds is 8. The van der Waals surface area contributed by atoms with Gasteiger partial charge in [-0.25, -0.2) is 13.1 Å². The fourth-order valence-electron chi connectivity index (χ4n) is 3.00. The number of benzene rings is 2. The molecule has 0 saturated carbocycles. The maximum absolute atomic E-state index is 12.5. The van der Waals surface area contributed by atoms with Crippen molar-refractivity contribution in [3.05, 3.63) is 64.9 Å². The van der Waals surface area contributed by atoms with Gasteiger partial charge in [-0.05, 0) is 40.3 Å². The van der Waals surface area contributed by atoms with Gasteiger partial charge in [0.25, 0.3) is 0 Å². The molecule has 28 heavy (non-hydrogen) atoms. The molecule has 0 fully saturated rings. The molecule has 148 valence electrons. The first kappa shape index (κ1) is 20.5. The zero-order valence-corrected chi connectivity index (χ0v) is 17.5. The Morgan fingerprint density at radius 2 is 1.79 bits per heavy atom. The summed E-state index contributed by atoms with van der Waals surface area (Å²) in [6.45, 7) is 4.15. The fraction of sp³-hybridized carbons (Fsp3) is 0.286. The number of amides is 1. The summed E-state index contributed by atoms with van der Waals surface area (Å²) in [5.74, 6) is 0.0743. The second-order valence-corrected chi connectivity index (χ2v) is 9.71. The molecule has 5 nitrogen and oxygen atoms in total. The Labute approximate surface area is 169 Å². The van der Waals surface area contributed by atoms with E-state index >= 15 is 0 Å². The summed E-state index contributed by atoms with van der Waals surface area (Å²) >= 11 is 1.60. The van der Waals surface area contributed by atoms with Crippen molar-refractivity contribution in [2.75, 3.05) is 6.54 Å². The molecule has 1 heterocycles. The first-order chi connectivity index (χ1) is 13.4. The third kappa shape index (κ3) is 4.98. The Balaban J connectivity index is 1.59. The van der Waals surface area contributed by atoms with Crippen molar-refractivity contribution in [3.63, 3.8) is 0 Å². The van der Waals surface area contributed by atoms with Crippen molar-refractivity contribution in [3.8, 4) is 0 Å². The zero-order valence-electron chi connectivity index (χ0n) is 15.9. The minimum atomic E-state index is -3.66. The summed E-state index contributed by atoms with van der Waals surface area (Å²) < 4.78 is 27.6. The molecule has 1 aromatic heterocycles. The van der Waals surface area contributed by atoms with Crippen molar-refractivity contribution in [2.24, 2.45) is 5.92 Å². The molecule has 0 saturated heterocycles. The second-order valence-electron chi connectivity index (χ2n) is 6.96. The van der Waals surface area contributed by atoms with Gasteiger partial charge in [0.05, 0.1) is 10.9 Å². The molecule has 1 atom stereocenters. The van der Waals surface area contributed by atoms with E-state index in [1.165, 1.54) is 0 Å². The highest BCUT2D eigenvalue weighted by atomic mass is 32.2. The number of hydrogen-bond donors (Lipinski definition) is 2. The predicted octanol–water partition coefficient (Wildman–Crippen LogP) is 4.08. The van der Waals surface area contributed by atoms with E-state index in [9.17, 15) is 13.2 Å². The quantitative estimate of drug-likeness (QED) is 0.581. The van der Waals surface area contributed by atoms with Gasteiger partial charge in [0.1, 0.15) is 0 Å². The highest BCUT2D eigenvalue weighted by molar-refractivity contribution is 7.89. The molecule has 0 radical (unpaired) electrons. The van der Waals surface area contributed by atoms with Crippen LogP contribution in [-0.4, -0.2) is 20.9 Å². The largest absolute Gasteiger partial charge is 0.348 e. The Kier molecular flexibility index (Phi) is 6.49. The first-order valence-electron chi connectivity index (χ1n) is 9.18.